The normalized spacial score (nSPS) is 20.7. The smallest absolute Gasteiger partial charge is 0.321 e. The van der Waals surface area contributed by atoms with Gasteiger partial charge >= 0.3 is 6.03 Å². The van der Waals surface area contributed by atoms with Crippen LogP contribution in [0.15, 0.2) is 30.3 Å². The predicted molar refractivity (Wildman–Crippen MR) is 103 cm³/mol. The first kappa shape index (κ1) is 18.9. The molecule has 3 N–H and O–H groups in total. The fourth-order valence-corrected chi connectivity index (χ4v) is 4.36. The highest BCUT2D eigenvalue weighted by atomic mass is 16.2. The molecule has 1 aromatic carbocycles. The van der Waals surface area contributed by atoms with Crippen LogP contribution in [0.2, 0.25) is 0 Å². The summed E-state index contributed by atoms with van der Waals surface area (Å²) in [7, 11) is 0. The molecule has 0 aromatic heterocycles. The Labute approximate surface area is 156 Å². The lowest BCUT2D eigenvalue weighted by molar-refractivity contribution is -0.121. The van der Waals surface area contributed by atoms with Gasteiger partial charge in [-0.05, 0) is 38.2 Å². The van der Waals surface area contributed by atoms with Crippen LogP contribution in [-0.2, 0) is 10.2 Å². The summed E-state index contributed by atoms with van der Waals surface area (Å²) in [5.74, 6) is -0.262. The molecule has 2 aliphatic carbocycles. The molecule has 0 bridgehead atoms. The van der Waals surface area contributed by atoms with Crippen molar-refractivity contribution in [1.82, 2.24) is 16.0 Å². The molecule has 0 spiro atoms. The Hall–Kier alpha value is -1.88. The molecule has 1 unspecified atom stereocenters. The highest BCUT2D eigenvalue weighted by Crippen LogP contribution is 2.40. The minimum absolute atomic E-state index is 0.0991. The summed E-state index contributed by atoms with van der Waals surface area (Å²) in [6, 6.07) is 10.0. The van der Waals surface area contributed by atoms with Gasteiger partial charge in [-0.15, -0.1) is 0 Å². The number of rotatable bonds is 6. The number of carbonyl (C=O) groups excluding carboxylic acids is 2. The summed E-state index contributed by atoms with van der Waals surface area (Å²) >= 11 is 0. The Morgan fingerprint density at radius 3 is 2.38 bits per heavy atom. The highest BCUT2D eigenvalue weighted by molar-refractivity contribution is 5.96. The van der Waals surface area contributed by atoms with E-state index < -0.39 is 6.04 Å². The summed E-state index contributed by atoms with van der Waals surface area (Å²) in [6.07, 6.45) is 9.05. The zero-order valence-electron chi connectivity index (χ0n) is 15.7. The molecule has 1 aromatic rings. The molecule has 3 amide bonds. The van der Waals surface area contributed by atoms with Crippen LogP contribution in [0.25, 0.3) is 0 Å². The van der Waals surface area contributed by atoms with Gasteiger partial charge in [0.2, 0.25) is 5.91 Å². The summed E-state index contributed by atoms with van der Waals surface area (Å²) in [5, 5.41) is 8.75. The number of hydrogen-bond acceptors (Lipinski definition) is 3. The maximum Gasteiger partial charge on any atom is 0.321 e. The zero-order valence-corrected chi connectivity index (χ0v) is 15.7. The first-order chi connectivity index (χ1) is 12.6. The summed E-state index contributed by atoms with van der Waals surface area (Å²) < 4.78 is 0. The zero-order chi connectivity index (χ0) is 18.4. The van der Waals surface area contributed by atoms with Crippen LogP contribution in [0.1, 0.15) is 63.9 Å². The van der Waals surface area contributed by atoms with Crippen LogP contribution in [0.4, 0.5) is 4.79 Å². The van der Waals surface area contributed by atoms with Crippen LogP contribution in [0.5, 0.6) is 0 Å². The standard InChI is InChI=1S/C21H31N3O2/c1-16(19(25)24-20(26)23-18-11-5-6-12-18)22-15-21(13-7-8-14-21)17-9-3-2-4-10-17/h2-4,9-10,16,18,22H,5-8,11-15H2,1H3,(H2,23,24,25,26). The number of carbonyl (C=O) groups is 2. The van der Waals surface area contributed by atoms with E-state index in [2.05, 4.69) is 40.2 Å². The fourth-order valence-electron chi connectivity index (χ4n) is 4.36. The van der Waals surface area contributed by atoms with Crippen LogP contribution in [-0.4, -0.2) is 30.6 Å². The van der Waals surface area contributed by atoms with Gasteiger partial charge in [0, 0.05) is 18.0 Å². The van der Waals surface area contributed by atoms with Gasteiger partial charge in [-0.25, -0.2) is 4.79 Å². The van der Waals surface area contributed by atoms with Gasteiger partial charge in [-0.2, -0.15) is 0 Å². The van der Waals surface area contributed by atoms with Gasteiger partial charge in [0.1, 0.15) is 0 Å². The van der Waals surface area contributed by atoms with E-state index in [-0.39, 0.29) is 23.4 Å². The Bertz CT molecular complexity index is 605. The Morgan fingerprint density at radius 2 is 1.73 bits per heavy atom. The number of imide groups is 1. The fraction of sp³-hybridized carbons (Fsp3) is 0.619. The van der Waals surface area contributed by atoms with Gasteiger partial charge in [0.05, 0.1) is 6.04 Å². The number of hydrogen-bond donors (Lipinski definition) is 3. The monoisotopic (exact) mass is 357 g/mol. The molecule has 2 aliphatic rings. The molecule has 142 valence electrons. The number of amides is 3. The molecule has 2 saturated carbocycles. The van der Waals surface area contributed by atoms with E-state index in [0.717, 1.165) is 45.1 Å². The summed E-state index contributed by atoms with van der Waals surface area (Å²) in [4.78, 5) is 24.3. The molecule has 3 rings (SSSR count). The van der Waals surface area contributed by atoms with Crippen molar-refractivity contribution in [2.24, 2.45) is 0 Å². The molecule has 0 saturated heterocycles. The largest absolute Gasteiger partial charge is 0.335 e. The summed E-state index contributed by atoms with van der Waals surface area (Å²) in [6.45, 7) is 2.58. The Morgan fingerprint density at radius 1 is 1.08 bits per heavy atom. The van der Waals surface area contributed by atoms with Crippen LogP contribution >= 0.6 is 0 Å². The lowest BCUT2D eigenvalue weighted by atomic mass is 9.78. The van der Waals surface area contributed by atoms with Gasteiger partial charge in [0.15, 0.2) is 0 Å². The third-order valence-electron chi connectivity index (χ3n) is 6.01. The van der Waals surface area contributed by atoms with E-state index in [1.807, 2.05) is 13.0 Å². The van der Waals surface area contributed by atoms with Gasteiger partial charge in [-0.1, -0.05) is 56.0 Å². The van der Waals surface area contributed by atoms with Crippen LogP contribution in [0, 0.1) is 0 Å². The molecular formula is C21H31N3O2. The Kier molecular flexibility index (Phi) is 6.30. The van der Waals surface area contributed by atoms with Crippen molar-refractivity contribution in [3.63, 3.8) is 0 Å². The third kappa shape index (κ3) is 4.64. The van der Waals surface area contributed by atoms with Crippen molar-refractivity contribution in [2.75, 3.05) is 6.54 Å². The number of urea groups is 1. The van der Waals surface area contributed by atoms with Crippen molar-refractivity contribution in [3.05, 3.63) is 35.9 Å². The average Bonchev–Trinajstić information content (AvgIpc) is 3.33. The van der Waals surface area contributed by atoms with E-state index in [4.69, 9.17) is 0 Å². The van der Waals surface area contributed by atoms with Gasteiger partial charge in [-0.3, -0.25) is 10.1 Å². The molecular weight excluding hydrogens is 326 g/mol. The number of nitrogens with one attached hydrogen (secondary N) is 3. The molecule has 0 radical (unpaired) electrons. The second kappa shape index (κ2) is 8.67. The topological polar surface area (TPSA) is 70.2 Å². The minimum Gasteiger partial charge on any atom is -0.335 e. The van der Waals surface area contributed by atoms with Crippen molar-refractivity contribution >= 4 is 11.9 Å². The lowest BCUT2D eigenvalue weighted by Crippen LogP contribution is -2.51. The predicted octanol–water partition coefficient (Wildman–Crippen LogP) is 3.24. The SMILES string of the molecule is CC(NCC1(c2ccccc2)CCCC1)C(=O)NC(=O)NC1CCCC1. The second-order valence-corrected chi connectivity index (χ2v) is 7.90. The van der Waals surface area contributed by atoms with Crippen molar-refractivity contribution in [2.45, 2.75) is 75.8 Å². The quantitative estimate of drug-likeness (QED) is 0.732. The minimum atomic E-state index is -0.398. The van der Waals surface area contributed by atoms with E-state index in [9.17, 15) is 9.59 Å². The molecule has 5 heteroatoms. The van der Waals surface area contributed by atoms with Crippen molar-refractivity contribution in [1.29, 1.82) is 0 Å². The molecule has 1 atom stereocenters. The lowest BCUT2D eigenvalue weighted by Gasteiger charge is -2.31. The molecule has 0 aliphatic heterocycles. The molecule has 5 nitrogen and oxygen atoms in total. The number of benzene rings is 1. The van der Waals surface area contributed by atoms with Crippen LogP contribution < -0.4 is 16.0 Å². The van der Waals surface area contributed by atoms with Crippen molar-refractivity contribution < 1.29 is 9.59 Å². The van der Waals surface area contributed by atoms with E-state index >= 15 is 0 Å². The van der Waals surface area contributed by atoms with Crippen molar-refractivity contribution in [3.8, 4) is 0 Å². The van der Waals surface area contributed by atoms with E-state index in [1.54, 1.807) is 0 Å². The van der Waals surface area contributed by atoms with Crippen LogP contribution in [0.3, 0.4) is 0 Å². The maximum absolute atomic E-state index is 12.3. The van der Waals surface area contributed by atoms with Gasteiger partial charge in [0.25, 0.3) is 0 Å². The molecule has 2 fully saturated rings. The highest BCUT2D eigenvalue weighted by Gasteiger charge is 2.36. The first-order valence-corrected chi connectivity index (χ1v) is 9.99. The molecule has 0 heterocycles. The van der Waals surface area contributed by atoms with Gasteiger partial charge < -0.3 is 10.6 Å². The average molecular weight is 357 g/mol. The second-order valence-electron chi connectivity index (χ2n) is 7.90. The molecule has 26 heavy (non-hydrogen) atoms. The Balaban J connectivity index is 1.51. The third-order valence-corrected chi connectivity index (χ3v) is 6.01. The maximum atomic E-state index is 12.3. The first-order valence-electron chi connectivity index (χ1n) is 9.99. The van der Waals surface area contributed by atoms with E-state index in [1.165, 1.54) is 18.4 Å². The van der Waals surface area contributed by atoms with E-state index in [0.29, 0.717) is 0 Å². The summed E-state index contributed by atoms with van der Waals surface area (Å²) in [5.41, 5.74) is 1.44.